The largest absolute Gasteiger partial charge is 0.336 e. The van der Waals surface area contributed by atoms with E-state index in [1.54, 1.807) is 31.2 Å². The van der Waals surface area contributed by atoms with Crippen molar-refractivity contribution >= 4 is 17.7 Å². The molecule has 3 amide bonds. The summed E-state index contributed by atoms with van der Waals surface area (Å²) in [5.74, 6) is -1.11. The Morgan fingerprint density at radius 3 is 2.23 bits per heavy atom. The molecule has 6 nitrogen and oxygen atoms in total. The van der Waals surface area contributed by atoms with Gasteiger partial charge in [0.15, 0.2) is 0 Å². The van der Waals surface area contributed by atoms with Crippen molar-refractivity contribution in [3.8, 4) is 6.07 Å². The fourth-order valence-electron chi connectivity index (χ4n) is 3.49. The SMILES string of the molecule is CC(C)C[C@@H](C(=O)N[C@@](C)(C#N)C1CC1)N1C(=O)c2ccccc2C1=O. The minimum absolute atomic E-state index is 0.101. The van der Waals surface area contributed by atoms with Gasteiger partial charge in [-0.05, 0) is 50.2 Å². The average molecular weight is 353 g/mol. The first-order valence-electron chi connectivity index (χ1n) is 8.98. The number of rotatable bonds is 6. The molecule has 0 aromatic heterocycles. The zero-order chi connectivity index (χ0) is 19.1. The molecule has 0 unspecified atom stereocenters. The average Bonchev–Trinajstić information content (AvgIpc) is 3.42. The molecule has 0 spiro atoms. The predicted molar refractivity (Wildman–Crippen MR) is 95.1 cm³/mol. The number of fused-ring (bicyclic) bond motifs is 1. The smallest absolute Gasteiger partial charge is 0.262 e. The van der Waals surface area contributed by atoms with Gasteiger partial charge in [-0.15, -0.1) is 0 Å². The van der Waals surface area contributed by atoms with Crippen LogP contribution in [0.3, 0.4) is 0 Å². The molecule has 3 rings (SSSR count). The van der Waals surface area contributed by atoms with E-state index in [-0.39, 0.29) is 11.8 Å². The first-order chi connectivity index (χ1) is 12.3. The molecule has 1 aliphatic heterocycles. The molecule has 0 bridgehead atoms. The molecular formula is C20H23N3O3. The molecule has 1 aliphatic carbocycles. The summed E-state index contributed by atoms with van der Waals surface area (Å²) in [6, 6.07) is 7.87. The van der Waals surface area contributed by atoms with Crippen LogP contribution in [0.5, 0.6) is 0 Å². The Balaban J connectivity index is 1.90. The van der Waals surface area contributed by atoms with Crippen molar-refractivity contribution in [3.05, 3.63) is 35.4 Å². The van der Waals surface area contributed by atoms with Crippen molar-refractivity contribution in [2.75, 3.05) is 0 Å². The molecule has 2 aliphatic rings. The Bertz CT molecular complexity index is 772. The van der Waals surface area contributed by atoms with Crippen molar-refractivity contribution in [3.63, 3.8) is 0 Å². The summed E-state index contributed by atoms with van der Waals surface area (Å²) in [4.78, 5) is 39.6. The molecular weight excluding hydrogens is 330 g/mol. The molecule has 0 saturated heterocycles. The number of carbonyl (C=O) groups is 3. The van der Waals surface area contributed by atoms with Gasteiger partial charge in [0.05, 0.1) is 17.2 Å². The Hall–Kier alpha value is -2.68. The van der Waals surface area contributed by atoms with Crippen LogP contribution in [0, 0.1) is 23.2 Å². The van der Waals surface area contributed by atoms with Crippen LogP contribution >= 0.6 is 0 Å². The maximum atomic E-state index is 13.0. The number of benzene rings is 1. The number of imide groups is 1. The molecule has 0 radical (unpaired) electrons. The van der Waals surface area contributed by atoms with E-state index in [4.69, 9.17) is 0 Å². The van der Waals surface area contributed by atoms with Gasteiger partial charge in [0.25, 0.3) is 11.8 Å². The molecule has 2 atom stereocenters. The second kappa shape index (κ2) is 6.56. The molecule has 1 aromatic rings. The van der Waals surface area contributed by atoms with Gasteiger partial charge in [0.1, 0.15) is 11.6 Å². The first kappa shape index (κ1) is 18.1. The molecule has 1 saturated carbocycles. The van der Waals surface area contributed by atoms with Crippen LogP contribution in [-0.4, -0.2) is 34.2 Å². The topological polar surface area (TPSA) is 90.3 Å². The van der Waals surface area contributed by atoms with Crippen molar-refractivity contribution in [2.45, 2.75) is 51.6 Å². The van der Waals surface area contributed by atoms with E-state index in [0.717, 1.165) is 17.7 Å². The number of amides is 3. The fourth-order valence-corrected chi connectivity index (χ4v) is 3.49. The summed E-state index contributed by atoms with van der Waals surface area (Å²) in [5.41, 5.74) is -0.320. The predicted octanol–water partition coefficient (Wildman–Crippen LogP) is 2.51. The number of hydrogen-bond donors (Lipinski definition) is 1. The lowest BCUT2D eigenvalue weighted by Crippen LogP contribution is -2.56. The Morgan fingerprint density at radius 2 is 1.81 bits per heavy atom. The summed E-state index contributed by atoms with van der Waals surface area (Å²) < 4.78 is 0. The maximum absolute atomic E-state index is 13.0. The minimum atomic E-state index is -0.967. The number of hydrogen-bond acceptors (Lipinski definition) is 4. The minimum Gasteiger partial charge on any atom is -0.336 e. The van der Waals surface area contributed by atoms with Gasteiger partial charge in [-0.25, -0.2) is 0 Å². The van der Waals surface area contributed by atoms with Gasteiger partial charge in [0.2, 0.25) is 5.91 Å². The monoisotopic (exact) mass is 353 g/mol. The standard InChI is InChI=1S/C20H23N3O3/c1-12(2)10-16(17(24)22-20(3,11-21)13-8-9-13)23-18(25)14-6-4-5-7-15(14)19(23)26/h4-7,12-13,16H,8-10H2,1-3H3,(H,22,24)/t16-,20-/m0/s1. The van der Waals surface area contributed by atoms with Gasteiger partial charge in [-0.1, -0.05) is 26.0 Å². The number of nitrogens with zero attached hydrogens (tertiary/aromatic N) is 2. The second-order valence-corrected chi connectivity index (χ2v) is 7.75. The highest BCUT2D eigenvalue weighted by Crippen LogP contribution is 2.39. The summed E-state index contributed by atoms with van der Waals surface area (Å²) in [6.07, 6.45) is 2.14. The van der Waals surface area contributed by atoms with Crippen LogP contribution in [-0.2, 0) is 4.79 Å². The highest BCUT2D eigenvalue weighted by molar-refractivity contribution is 6.22. The molecule has 1 aromatic carbocycles. The third kappa shape index (κ3) is 3.10. The lowest BCUT2D eigenvalue weighted by Gasteiger charge is -2.31. The summed E-state index contributed by atoms with van der Waals surface area (Å²) in [6.45, 7) is 5.57. The summed E-state index contributed by atoms with van der Waals surface area (Å²) in [7, 11) is 0. The lowest BCUT2D eigenvalue weighted by atomic mass is 9.95. The molecule has 1 heterocycles. The summed E-state index contributed by atoms with van der Waals surface area (Å²) in [5, 5.41) is 12.3. The van der Waals surface area contributed by atoms with Crippen LogP contribution in [0.25, 0.3) is 0 Å². The molecule has 6 heteroatoms. The third-order valence-electron chi connectivity index (χ3n) is 5.14. The number of nitriles is 1. The van der Waals surface area contributed by atoms with E-state index in [1.807, 2.05) is 13.8 Å². The molecule has 1 N–H and O–H groups in total. The summed E-state index contributed by atoms with van der Waals surface area (Å²) >= 11 is 0. The zero-order valence-electron chi connectivity index (χ0n) is 15.3. The van der Waals surface area contributed by atoms with Crippen molar-refractivity contribution in [1.29, 1.82) is 5.26 Å². The van der Waals surface area contributed by atoms with Gasteiger partial charge >= 0.3 is 0 Å². The quantitative estimate of drug-likeness (QED) is 0.796. The third-order valence-corrected chi connectivity index (χ3v) is 5.14. The van der Waals surface area contributed by atoms with E-state index in [1.165, 1.54) is 0 Å². The molecule has 26 heavy (non-hydrogen) atoms. The van der Waals surface area contributed by atoms with Crippen molar-refractivity contribution < 1.29 is 14.4 Å². The maximum Gasteiger partial charge on any atom is 0.262 e. The van der Waals surface area contributed by atoms with Crippen LogP contribution < -0.4 is 5.32 Å². The fraction of sp³-hybridized carbons (Fsp3) is 0.500. The van der Waals surface area contributed by atoms with Gasteiger partial charge < -0.3 is 5.32 Å². The van der Waals surface area contributed by atoms with Crippen molar-refractivity contribution in [1.82, 2.24) is 10.2 Å². The van der Waals surface area contributed by atoms with Crippen LogP contribution in [0.15, 0.2) is 24.3 Å². The van der Waals surface area contributed by atoms with E-state index < -0.39 is 29.3 Å². The highest BCUT2D eigenvalue weighted by atomic mass is 16.2. The number of nitrogens with one attached hydrogen (secondary N) is 1. The van der Waals surface area contributed by atoms with E-state index in [0.29, 0.717) is 17.5 Å². The molecule has 136 valence electrons. The van der Waals surface area contributed by atoms with Gasteiger partial charge in [-0.2, -0.15) is 5.26 Å². The van der Waals surface area contributed by atoms with Crippen LogP contribution in [0.4, 0.5) is 0 Å². The van der Waals surface area contributed by atoms with Crippen molar-refractivity contribution in [2.24, 2.45) is 11.8 Å². The molecule has 1 fully saturated rings. The van der Waals surface area contributed by atoms with E-state index in [9.17, 15) is 19.6 Å². The Labute approximate surface area is 153 Å². The second-order valence-electron chi connectivity index (χ2n) is 7.75. The lowest BCUT2D eigenvalue weighted by molar-refractivity contribution is -0.127. The van der Waals surface area contributed by atoms with E-state index >= 15 is 0 Å². The zero-order valence-corrected chi connectivity index (χ0v) is 15.3. The Kier molecular flexibility index (Phi) is 4.57. The van der Waals surface area contributed by atoms with Crippen LogP contribution in [0.1, 0.15) is 60.7 Å². The number of carbonyl (C=O) groups excluding carboxylic acids is 3. The highest BCUT2D eigenvalue weighted by Gasteiger charge is 2.47. The normalized spacial score (nSPS) is 19.7. The van der Waals surface area contributed by atoms with E-state index in [2.05, 4.69) is 11.4 Å². The van der Waals surface area contributed by atoms with Crippen LogP contribution in [0.2, 0.25) is 0 Å². The van der Waals surface area contributed by atoms with Gasteiger partial charge in [0, 0.05) is 0 Å². The van der Waals surface area contributed by atoms with Gasteiger partial charge in [-0.3, -0.25) is 19.3 Å². The first-order valence-corrected chi connectivity index (χ1v) is 8.98. The Morgan fingerprint density at radius 1 is 1.27 bits per heavy atom.